The van der Waals surface area contributed by atoms with Gasteiger partial charge in [-0.15, -0.1) is 11.3 Å². The molecule has 2 aromatic heterocycles. The van der Waals surface area contributed by atoms with E-state index >= 15 is 0 Å². The van der Waals surface area contributed by atoms with Gasteiger partial charge in [-0.05, 0) is 54.3 Å². The standard InChI is InChI=1S/C20H21N3O3S/c1-12-10-27-19-17(12)21-11-23(20(19)25)9-16(24)22-18(13-3-4-13)14-5-7-15(26-2)8-6-14/h5-8,10-11,13,18H,3-4,9H2,1-2H3,(H,22,24)/t18-/m0/s1. The molecule has 7 heteroatoms. The molecule has 0 bridgehead atoms. The summed E-state index contributed by atoms with van der Waals surface area (Å²) in [4.78, 5) is 29.6. The number of thiophene rings is 1. The van der Waals surface area contributed by atoms with E-state index in [1.54, 1.807) is 7.11 Å². The van der Waals surface area contributed by atoms with E-state index in [4.69, 9.17) is 4.74 Å². The molecule has 1 fully saturated rings. The third-order valence-corrected chi connectivity index (χ3v) is 6.00. The number of rotatable bonds is 6. The van der Waals surface area contributed by atoms with Gasteiger partial charge in [0.1, 0.15) is 17.0 Å². The van der Waals surface area contributed by atoms with E-state index in [0.717, 1.165) is 35.2 Å². The number of nitrogens with zero attached hydrogens (tertiary/aromatic N) is 2. The van der Waals surface area contributed by atoms with Crippen molar-refractivity contribution in [2.45, 2.75) is 32.4 Å². The Balaban J connectivity index is 1.52. The van der Waals surface area contributed by atoms with Gasteiger partial charge in [-0.1, -0.05) is 12.1 Å². The molecule has 2 heterocycles. The summed E-state index contributed by atoms with van der Waals surface area (Å²) >= 11 is 1.37. The Morgan fingerprint density at radius 1 is 1.37 bits per heavy atom. The monoisotopic (exact) mass is 383 g/mol. The first-order chi connectivity index (χ1) is 13.1. The second-order valence-corrected chi connectivity index (χ2v) is 7.81. The molecule has 1 atom stereocenters. The van der Waals surface area contributed by atoms with Gasteiger partial charge in [-0.25, -0.2) is 4.98 Å². The van der Waals surface area contributed by atoms with Crippen LogP contribution in [0.5, 0.6) is 5.75 Å². The summed E-state index contributed by atoms with van der Waals surface area (Å²) in [7, 11) is 1.63. The SMILES string of the molecule is COc1ccc([C@@H](NC(=O)Cn2cnc3c(C)csc3c2=O)C2CC2)cc1. The maximum absolute atomic E-state index is 12.6. The zero-order valence-corrected chi connectivity index (χ0v) is 16.1. The number of hydrogen-bond donors (Lipinski definition) is 1. The molecule has 4 rings (SSSR count). The summed E-state index contributed by atoms with van der Waals surface area (Å²) in [6.45, 7) is 1.90. The molecule has 3 aromatic rings. The number of carbonyl (C=O) groups is 1. The molecule has 1 aromatic carbocycles. The van der Waals surface area contributed by atoms with Gasteiger partial charge in [-0.3, -0.25) is 14.2 Å². The van der Waals surface area contributed by atoms with E-state index in [0.29, 0.717) is 10.6 Å². The van der Waals surface area contributed by atoms with E-state index in [9.17, 15) is 9.59 Å². The lowest BCUT2D eigenvalue weighted by atomic mass is 10.0. The number of nitrogens with one attached hydrogen (secondary N) is 1. The summed E-state index contributed by atoms with van der Waals surface area (Å²) in [5, 5.41) is 5.01. The first-order valence-corrected chi connectivity index (χ1v) is 9.81. The average Bonchev–Trinajstić information content (AvgIpc) is 3.45. The van der Waals surface area contributed by atoms with Crippen molar-refractivity contribution in [1.82, 2.24) is 14.9 Å². The minimum atomic E-state index is -0.181. The highest BCUT2D eigenvalue weighted by Gasteiger charge is 2.33. The average molecular weight is 383 g/mol. The van der Waals surface area contributed by atoms with Crippen LogP contribution in [0.2, 0.25) is 0 Å². The lowest BCUT2D eigenvalue weighted by Gasteiger charge is -2.19. The van der Waals surface area contributed by atoms with Crippen molar-refractivity contribution in [2.75, 3.05) is 7.11 Å². The minimum absolute atomic E-state index is 0.0297. The van der Waals surface area contributed by atoms with E-state index in [2.05, 4.69) is 10.3 Å². The zero-order valence-electron chi connectivity index (χ0n) is 15.3. The van der Waals surface area contributed by atoms with Gasteiger partial charge >= 0.3 is 0 Å². The van der Waals surface area contributed by atoms with Crippen LogP contribution < -0.4 is 15.6 Å². The van der Waals surface area contributed by atoms with Crippen molar-refractivity contribution >= 4 is 27.5 Å². The van der Waals surface area contributed by atoms with E-state index in [1.165, 1.54) is 22.2 Å². The van der Waals surface area contributed by atoms with Crippen LogP contribution in [0.25, 0.3) is 10.2 Å². The maximum atomic E-state index is 12.6. The number of aryl methyl sites for hydroxylation is 1. The smallest absolute Gasteiger partial charge is 0.271 e. The normalized spacial score (nSPS) is 14.9. The Bertz CT molecular complexity index is 1030. The van der Waals surface area contributed by atoms with Crippen LogP contribution in [0, 0.1) is 12.8 Å². The maximum Gasteiger partial charge on any atom is 0.271 e. The second kappa shape index (κ2) is 7.15. The van der Waals surface area contributed by atoms with Gasteiger partial charge in [0.25, 0.3) is 5.56 Å². The van der Waals surface area contributed by atoms with Crippen molar-refractivity contribution in [2.24, 2.45) is 5.92 Å². The van der Waals surface area contributed by atoms with Gasteiger partial charge in [0.05, 0.1) is 25.0 Å². The second-order valence-electron chi connectivity index (χ2n) is 6.93. The van der Waals surface area contributed by atoms with Gasteiger partial charge < -0.3 is 10.1 Å². The molecular formula is C20H21N3O3S. The number of benzene rings is 1. The topological polar surface area (TPSA) is 73.2 Å². The zero-order chi connectivity index (χ0) is 19.0. The molecule has 0 spiro atoms. The van der Waals surface area contributed by atoms with Crippen LogP contribution in [0.4, 0.5) is 0 Å². The predicted octanol–water partition coefficient (Wildman–Crippen LogP) is 3.04. The predicted molar refractivity (Wildman–Crippen MR) is 105 cm³/mol. The fraction of sp³-hybridized carbons (Fsp3) is 0.350. The Labute approximate surface area is 160 Å². The summed E-state index contributed by atoms with van der Waals surface area (Å²) in [6.07, 6.45) is 3.65. The quantitative estimate of drug-likeness (QED) is 0.710. The largest absolute Gasteiger partial charge is 0.497 e. The van der Waals surface area contributed by atoms with Crippen LogP contribution >= 0.6 is 11.3 Å². The lowest BCUT2D eigenvalue weighted by Crippen LogP contribution is -2.35. The van der Waals surface area contributed by atoms with Crippen LogP contribution in [0.15, 0.2) is 40.8 Å². The molecule has 140 valence electrons. The molecule has 0 radical (unpaired) electrons. The summed E-state index contributed by atoms with van der Waals surface area (Å²) in [6, 6.07) is 7.73. The highest BCUT2D eigenvalue weighted by atomic mass is 32.1. The Kier molecular flexibility index (Phi) is 4.70. The third kappa shape index (κ3) is 3.60. The summed E-state index contributed by atoms with van der Waals surface area (Å²) in [5.74, 6) is 1.05. The third-order valence-electron chi connectivity index (χ3n) is 4.92. The van der Waals surface area contributed by atoms with Gasteiger partial charge in [0.2, 0.25) is 5.91 Å². The van der Waals surface area contributed by atoms with Crippen molar-refractivity contribution < 1.29 is 9.53 Å². The number of carbonyl (C=O) groups excluding carboxylic acids is 1. The molecule has 0 saturated heterocycles. The molecular weight excluding hydrogens is 362 g/mol. The number of fused-ring (bicyclic) bond motifs is 1. The number of ether oxygens (including phenoxy) is 1. The molecule has 6 nitrogen and oxygen atoms in total. The molecule has 1 amide bonds. The molecule has 1 saturated carbocycles. The first-order valence-electron chi connectivity index (χ1n) is 8.93. The lowest BCUT2D eigenvalue weighted by molar-refractivity contribution is -0.122. The van der Waals surface area contributed by atoms with E-state index in [-0.39, 0.29) is 24.1 Å². The molecule has 0 unspecified atom stereocenters. The van der Waals surface area contributed by atoms with Crippen LogP contribution in [0.3, 0.4) is 0 Å². The Morgan fingerprint density at radius 3 is 2.78 bits per heavy atom. The van der Waals surface area contributed by atoms with Crippen LogP contribution in [-0.4, -0.2) is 22.6 Å². The minimum Gasteiger partial charge on any atom is -0.497 e. The van der Waals surface area contributed by atoms with Crippen molar-refractivity contribution in [1.29, 1.82) is 0 Å². The molecule has 1 aliphatic carbocycles. The van der Waals surface area contributed by atoms with E-state index < -0.39 is 0 Å². The number of hydrogen-bond acceptors (Lipinski definition) is 5. The van der Waals surface area contributed by atoms with Crippen LogP contribution in [-0.2, 0) is 11.3 Å². The van der Waals surface area contributed by atoms with Crippen LogP contribution in [0.1, 0.15) is 30.0 Å². The Hall–Kier alpha value is -2.67. The molecule has 1 N–H and O–H groups in total. The van der Waals surface area contributed by atoms with Crippen molar-refractivity contribution in [3.8, 4) is 5.75 Å². The van der Waals surface area contributed by atoms with Crippen molar-refractivity contribution in [3.05, 3.63) is 57.5 Å². The molecule has 0 aliphatic heterocycles. The van der Waals surface area contributed by atoms with Crippen molar-refractivity contribution in [3.63, 3.8) is 0 Å². The fourth-order valence-corrected chi connectivity index (χ4v) is 4.21. The summed E-state index contributed by atoms with van der Waals surface area (Å²) in [5.41, 5.74) is 2.59. The highest BCUT2D eigenvalue weighted by Crippen LogP contribution is 2.41. The fourth-order valence-electron chi connectivity index (χ4n) is 3.26. The summed E-state index contributed by atoms with van der Waals surface area (Å²) < 4.78 is 7.18. The number of aromatic nitrogens is 2. The molecule has 1 aliphatic rings. The first kappa shape index (κ1) is 17.7. The number of amides is 1. The highest BCUT2D eigenvalue weighted by molar-refractivity contribution is 7.17. The number of methoxy groups -OCH3 is 1. The van der Waals surface area contributed by atoms with Gasteiger partial charge in [0.15, 0.2) is 0 Å². The van der Waals surface area contributed by atoms with E-state index in [1.807, 2.05) is 36.6 Å². The van der Waals surface area contributed by atoms with Gasteiger partial charge in [0, 0.05) is 0 Å². The Morgan fingerprint density at radius 2 is 2.11 bits per heavy atom. The van der Waals surface area contributed by atoms with Gasteiger partial charge in [-0.2, -0.15) is 0 Å². The molecule has 27 heavy (non-hydrogen) atoms.